The number of carbonyl (C=O) groups is 1. The van der Waals surface area contributed by atoms with Gasteiger partial charge in [0.2, 0.25) is 0 Å². The molecule has 3 aromatic rings. The number of hydrazone groups is 1. The Hall–Kier alpha value is -2.86. The van der Waals surface area contributed by atoms with Crippen LogP contribution in [-0.4, -0.2) is 26.3 Å². The van der Waals surface area contributed by atoms with Gasteiger partial charge in [-0.2, -0.15) is 5.10 Å². The zero-order chi connectivity index (χ0) is 18.5. The molecule has 0 spiro atoms. The van der Waals surface area contributed by atoms with Gasteiger partial charge in [-0.05, 0) is 62.6 Å². The average Bonchev–Trinajstić information content (AvgIpc) is 2.67. The summed E-state index contributed by atoms with van der Waals surface area (Å²) < 4.78 is 11.3. The van der Waals surface area contributed by atoms with Gasteiger partial charge in [0.05, 0.1) is 30.5 Å². The Balaban J connectivity index is 1.79. The Morgan fingerprint density at radius 1 is 1.00 bits per heavy atom. The SMILES string of the molecule is COc1ccc(/C=N\NC(=O)c2cc3ccccc3cc2OC)cc1Br. The van der Waals surface area contributed by atoms with Crippen molar-refractivity contribution in [3.05, 3.63) is 70.2 Å². The van der Waals surface area contributed by atoms with Gasteiger partial charge >= 0.3 is 0 Å². The fourth-order valence-corrected chi connectivity index (χ4v) is 3.11. The van der Waals surface area contributed by atoms with Gasteiger partial charge in [-0.15, -0.1) is 0 Å². The number of nitrogens with one attached hydrogen (secondary N) is 1. The van der Waals surface area contributed by atoms with Crippen molar-refractivity contribution in [2.45, 2.75) is 0 Å². The standard InChI is InChI=1S/C20H17BrN2O3/c1-25-18-8-7-13(9-17(18)21)12-22-23-20(24)16-10-14-5-3-4-6-15(14)11-19(16)26-2/h3-12H,1-2H3,(H,23,24)/b22-12-. The number of benzene rings is 3. The van der Waals surface area contributed by atoms with E-state index in [1.165, 1.54) is 0 Å². The van der Waals surface area contributed by atoms with E-state index in [-0.39, 0.29) is 5.91 Å². The van der Waals surface area contributed by atoms with E-state index in [4.69, 9.17) is 9.47 Å². The molecule has 0 radical (unpaired) electrons. The molecule has 5 nitrogen and oxygen atoms in total. The lowest BCUT2D eigenvalue weighted by Crippen LogP contribution is -2.18. The Bertz CT molecular complexity index is 986. The van der Waals surface area contributed by atoms with Crippen LogP contribution in [0.2, 0.25) is 0 Å². The highest BCUT2D eigenvalue weighted by molar-refractivity contribution is 9.10. The van der Waals surface area contributed by atoms with Crippen LogP contribution >= 0.6 is 15.9 Å². The molecule has 1 N–H and O–H groups in total. The normalized spacial score (nSPS) is 10.9. The highest BCUT2D eigenvalue weighted by atomic mass is 79.9. The molecule has 0 aliphatic heterocycles. The number of hydrogen-bond acceptors (Lipinski definition) is 4. The number of rotatable bonds is 5. The molecular formula is C20H17BrN2O3. The molecule has 0 saturated heterocycles. The van der Waals surface area contributed by atoms with Crippen molar-refractivity contribution in [2.75, 3.05) is 14.2 Å². The van der Waals surface area contributed by atoms with Crippen LogP contribution in [0.25, 0.3) is 10.8 Å². The predicted molar refractivity (Wildman–Crippen MR) is 106 cm³/mol. The number of nitrogens with zero attached hydrogens (tertiary/aromatic N) is 1. The largest absolute Gasteiger partial charge is 0.496 e. The second kappa shape index (κ2) is 8.01. The third kappa shape index (κ3) is 3.86. The fraction of sp³-hybridized carbons (Fsp3) is 0.100. The topological polar surface area (TPSA) is 59.9 Å². The quantitative estimate of drug-likeness (QED) is 0.499. The second-order valence-corrected chi connectivity index (χ2v) is 6.35. The van der Waals surface area contributed by atoms with Crippen LogP contribution in [0.15, 0.2) is 64.2 Å². The molecule has 0 fully saturated rings. The summed E-state index contributed by atoms with van der Waals surface area (Å²) in [6.45, 7) is 0. The van der Waals surface area contributed by atoms with Crippen molar-refractivity contribution >= 4 is 38.8 Å². The maximum atomic E-state index is 12.5. The third-order valence-corrected chi connectivity index (χ3v) is 4.49. The minimum atomic E-state index is -0.337. The molecule has 0 heterocycles. The third-order valence-electron chi connectivity index (χ3n) is 3.87. The summed E-state index contributed by atoms with van der Waals surface area (Å²) in [6.07, 6.45) is 1.57. The first-order valence-corrected chi connectivity index (χ1v) is 8.65. The van der Waals surface area contributed by atoms with E-state index < -0.39 is 0 Å². The minimum Gasteiger partial charge on any atom is -0.496 e. The monoisotopic (exact) mass is 412 g/mol. The predicted octanol–water partition coefficient (Wildman–Crippen LogP) is 4.38. The van der Waals surface area contributed by atoms with E-state index in [0.29, 0.717) is 11.3 Å². The molecular weight excluding hydrogens is 396 g/mol. The van der Waals surface area contributed by atoms with Crippen molar-refractivity contribution in [3.8, 4) is 11.5 Å². The van der Waals surface area contributed by atoms with Crippen LogP contribution in [-0.2, 0) is 0 Å². The lowest BCUT2D eigenvalue weighted by atomic mass is 10.1. The number of ether oxygens (including phenoxy) is 2. The Morgan fingerprint density at radius 2 is 1.69 bits per heavy atom. The fourth-order valence-electron chi connectivity index (χ4n) is 2.55. The molecule has 3 rings (SSSR count). The number of fused-ring (bicyclic) bond motifs is 1. The van der Waals surface area contributed by atoms with Crippen molar-refractivity contribution in [3.63, 3.8) is 0 Å². The maximum absolute atomic E-state index is 12.5. The second-order valence-electron chi connectivity index (χ2n) is 5.49. The van der Waals surface area contributed by atoms with Crippen LogP contribution in [0.1, 0.15) is 15.9 Å². The molecule has 0 aliphatic carbocycles. The van der Waals surface area contributed by atoms with Gasteiger partial charge in [-0.3, -0.25) is 4.79 Å². The highest BCUT2D eigenvalue weighted by Crippen LogP contribution is 2.26. The zero-order valence-electron chi connectivity index (χ0n) is 14.3. The van der Waals surface area contributed by atoms with Gasteiger partial charge in [-0.1, -0.05) is 24.3 Å². The molecule has 0 aromatic heterocycles. The van der Waals surface area contributed by atoms with Crippen molar-refractivity contribution in [2.24, 2.45) is 5.10 Å². The van der Waals surface area contributed by atoms with E-state index in [0.717, 1.165) is 26.6 Å². The van der Waals surface area contributed by atoms with Crippen molar-refractivity contribution < 1.29 is 14.3 Å². The molecule has 0 bridgehead atoms. The van der Waals surface area contributed by atoms with E-state index >= 15 is 0 Å². The lowest BCUT2D eigenvalue weighted by molar-refractivity contribution is 0.0952. The van der Waals surface area contributed by atoms with Gasteiger partial charge in [0, 0.05) is 0 Å². The molecule has 0 atom stereocenters. The van der Waals surface area contributed by atoms with Crippen molar-refractivity contribution in [1.82, 2.24) is 5.43 Å². The summed E-state index contributed by atoms with van der Waals surface area (Å²) in [5.41, 5.74) is 3.79. The molecule has 6 heteroatoms. The smallest absolute Gasteiger partial charge is 0.275 e. The summed E-state index contributed by atoms with van der Waals surface area (Å²) in [5.74, 6) is 0.895. The van der Waals surface area contributed by atoms with Crippen LogP contribution < -0.4 is 14.9 Å². The highest BCUT2D eigenvalue weighted by Gasteiger charge is 2.13. The summed E-state index contributed by atoms with van der Waals surface area (Å²) in [4.78, 5) is 12.5. The number of methoxy groups -OCH3 is 2. The molecule has 26 heavy (non-hydrogen) atoms. The van der Waals surface area contributed by atoms with E-state index in [2.05, 4.69) is 26.5 Å². The van der Waals surface area contributed by atoms with Crippen molar-refractivity contribution in [1.29, 1.82) is 0 Å². The summed E-state index contributed by atoms with van der Waals surface area (Å²) >= 11 is 3.42. The lowest BCUT2D eigenvalue weighted by Gasteiger charge is -2.09. The average molecular weight is 413 g/mol. The van der Waals surface area contributed by atoms with Gasteiger partial charge < -0.3 is 9.47 Å². The number of amides is 1. The molecule has 0 unspecified atom stereocenters. The van der Waals surface area contributed by atoms with Gasteiger partial charge in [0.25, 0.3) is 5.91 Å². The van der Waals surface area contributed by atoms with Crippen LogP contribution in [0, 0.1) is 0 Å². The Kier molecular flexibility index (Phi) is 5.53. The summed E-state index contributed by atoms with van der Waals surface area (Å²) in [7, 11) is 3.14. The van der Waals surface area contributed by atoms with E-state index in [1.807, 2.05) is 48.5 Å². The maximum Gasteiger partial charge on any atom is 0.275 e. The molecule has 1 amide bonds. The zero-order valence-corrected chi connectivity index (χ0v) is 15.9. The first-order chi connectivity index (χ1) is 12.6. The molecule has 0 saturated carbocycles. The summed E-state index contributed by atoms with van der Waals surface area (Å²) in [6, 6.07) is 16.9. The van der Waals surface area contributed by atoms with E-state index in [9.17, 15) is 4.79 Å². The van der Waals surface area contributed by atoms with Gasteiger partial charge in [0.1, 0.15) is 11.5 Å². The Labute approximate surface area is 159 Å². The summed E-state index contributed by atoms with van der Waals surface area (Å²) in [5, 5.41) is 5.99. The first-order valence-electron chi connectivity index (χ1n) is 7.86. The number of halogens is 1. The number of hydrogen-bond donors (Lipinski definition) is 1. The molecule has 0 aliphatic rings. The van der Waals surface area contributed by atoms with Crippen LogP contribution in [0.5, 0.6) is 11.5 Å². The number of carbonyl (C=O) groups excluding carboxylic acids is 1. The Morgan fingerprint density at radius 3 is 2.35 bits per heavy atom. The minimum absolute atomic E-state index is 0.337. The van der Waals surface area contributed by atoms with Crippen LogP contribution in [0.3, 0.4) is 0 Å². The van der Waals surface area contributed by atoms with E-state index in [1.54, 1.807) is 26.5 Å². The van der Waals surface area contributed by atoms with Gasteiger partial charge in [0.15, 0.2) is 0 Å². The van der Waals surface area contributed by atoms with Crippen LogP contribution in [0.4, 0.5) is 0 Å². The first kappa shape index (κ1) is 17.9. The van der Waals surface area contributed by atoms with Gasteiger partial charge in [-0.25, -0.2) is 5.43 Å². The molecule has 132 valence electrons. The molecule has 3 aromatic carbocycles.